The topological polar surface area (TPSA) is 78.6 Å². The average molecular weight is 385 g/mol. The van der Waals surface area contributed by atoms with E-state index in [-0.39, 0.29) is 0 Å². The molecule has 28 heavy (non-hydrogen) atoms. The standard InChI is InChI=1S/C21H32N6O/c1-3-22-21(23-13-9-12-20-25-17(2)26-28-20)24-16-19(27-14-7-8-15-27)18-10-5-4-6-11-18/h4-6,10-11,19H,3,7-9,12-16H2,1-2H3,(H2,22,23,24). The highest BCUT2D eigenvalue weighted by Crippen LogP contribution is 2.25. The number of likely N-dealkylation sites (tertiary alicyclic amines) is 1. The number of aliphatic imine (C=N–C) groups is 1. The SMILES string of the molecule is CCNC(=NCC(c1ccccc1)N1CCCC1)NCCCc1nc(C)no1. The van der Waals surface area contributed by atoms with Crippen LogP contribution in [0.3, 0.4) is 0 Å². The maximum atomic E-state index is 5.16. The van der Waals surface area contributed by atoms with Crippen molar-refractivity contribution in [3.63, 3.8) is 0 Å². The molecule has 0 aliphatic carbocycles. The second-order valence-corrected chi connectivity index (χ2v) is 7.15. The molecule has 0 bridgehead atoms. The molecule has 2 heterocycles. The fourth-order valence-electron chi connectivity index (χ4n) is 3.57. The van der Waals surface area contributed by atoms with Crippen LogP contribution >= 0.6 is 0 Å². The Morgan fingerprint density at radius 1 is 1.21 bits per heavy atom. The van der Waals surface area contributed by atoms with Crippen molar-refractivity contribution in [2.45, 2.75) is 45.6 Å². The second kappa shape index (κ2) is 10.8. The van der Waals surface area contributed by atoms with Gasteiger partial charge in [-0.25, -0.2) is 0 Å². The number of hydrogen-bond acceptors (Lipinski definition) is 5. The van der Waals surface area contributed by atoms with Crippen molar-refractivity contribution < 1.29 is 4.52 Å². The highest BCUT2D eigenvalue weighted by molar-refractivity contribution is 5.79. The van der Waals surface area contributed by atoms with Gasteiger partial charge < -0.3 is 15.2 Å². The van der Waals surface area contributed by atoms with Crippen molar-refractivity contribution in [3.8, 4) is 0 Å². The van der Waals surface area contributed by atoms with Gasteiger partial charge in [0.2, 0.25) is 5.89 Å². The van der Waals surface area contributed by atoms with Crippen LogP contribution in [0.25, 0.3) is 0 Å². The van der Waals surface area contributed by atoms with Gasteiger partial charge in [-0.05, 0) is 51.8 Å². The van der Waals surface area contributed by atoms with E-state index >= 15 is 0 Å². The fourth-order valence-corrected chi connectivity index (χ4v) is 3.57. The third-order valence-corrected chi connectivity index (χ3v) is 4.96. The minimum atomic E-state index is 0.334. The number of aryl methyl sites for hydroxylation is 2. The fraction of sp³-hybridized carbons (Fsp3) is 0.571. The van der Waals surface area contributed by atoms with Crippen molar-refractivity contribution in [2.24, 2.45) is 4.99 Å². The summed E-state index contributed by atoms with van der Waals surface area (Å²) >= 11 is 0. The third kappa shape index (κ3) is 6.05. The summed E-state index contributed by atoms with van der Waals surface area (Å²) in [5.41, 5.74) is 1.34. The molecule has 1 fully saturated rings. The van der Waals surface area contributed by atoms with Crippen molar-refractivity contribution in [2.75, 3.05) is 32.7 Å². The van der Waals surface area contributed by atoms with Gasteiger partial charge in [0.05, 0.1) is 12.6 Å². The molecule has 2 aromatic rings. The van der Waals surface area contributed by atoms with Crippen molar-refractivity contribution >= 4 is 5.96 Å². The minimum absolute atomic E-state index is 0.334. The Labute approximate surface area is 167 Å². The number of benzene rings is 1. The number of nitrogens with zero attached hydrogens (tertiary/aromatic N) is 4. The zero-order valence-corrected chi connectivity index (χ0v) is 17.0. The van der Waals surface area contributed by atoms with E-state index in [4.69, 9.17) is 9.52 Å². The molecule has 1 aromatic carbocycles. The van der Waals surface area contributed by atoms with Crippen LogP contribution in [-0.4, -0.2) is 53.7 Å². The number of aromatic nitrogens is 2. The summed E-state index contributed by atoms with van der Waals surface area (Å²) in [6, 6.07) is 11.1. The van der Waals surface area contributed by atoms with Crippen molar-refractivity contribution in [1.29, 1.82) is 0 Å². The summed E-state index contributed by atoms with van der Waals surface area (Å²) in [4.78, 5) is 11.7. The first kappa shape index (κ1) is 20.3. The van der Waals surface area contributed by atoms with Crippen LogP contribution in [0.5, 0.6) is 0 Å². The maximum absolute atomic E-state index is 5.16. The van der Waals surface area contributed by atoms with Crippen LogP contribution in [-0.2, 0) is 6.42 Å². The van der Waals surface area contributed by atoms with Gasteiger partial charge >= 0.3 is 0 Å². The summed E-state index contributed by atoms with van der Waals surface area (Å²) in [7, 11) is 0. The first-order valence-corrected chi connectivity index (χ1v) is 10.4. The smallest absolute Gasteiger partial charge is 0.226 e. The molecule has 152 valence electrons. The van der Waals surface area contributed by atoms with Gasteiger partial charge in [0.25, 0.3) is 0 Å². The van der Waals surface area contributed by atoms with Crippen molar-refractivity contribution in [1.82, 2.24) is 25.7 Å². The highest BCUT2D eigenvalue weighted by Gasteiger charge is 2.23. The van der Waals surface area contributed by atoms with E-state index in [1.165, 1.54) is 18.4 Å². The first-order chi connectivity index (χ1) is 13.8. The molecular weight excluding hydrogens is 352 g/mol. The van der Waals surface area contributed by atoms with E-state index in [1.807, 2.05) is 6.92 Å². The molecule has 1 aromatic heterocycles. The van der Waals surface area contributed by atoms with Crippen molar-refractivity contribution in [3.05, 3.63) is 47.6 Å². The van der Waals surface area contributed by atoms with Crippen LogP contribution in [0, 0.1) is 6.92 Å². The summed E-state index contributed by atoms with van der Waals surface area (Å²) in [5.74, 6) is 2.25. The molecule has 0 spiro atoms. The molecule has 1 atom stereocenters. The molecule has 0 amide bonds. The van der Waals surface area contributed by atoms with Crippen LogP contribution in [0.1, 0.15) is 49.5 Å². The molecule has 1 aliphatic heterocycles. The summed E-state index contributed by atoms with van der Waals surface area (Å²) in [6.45, 7) is 8.65. The molecule has 0 radical (unpaired) electrons. The monoisotopic (exact) mass is 384 g/mol. The van der Waals surface area contributed by atoms with E-state index < -0.39 is 0 Å². The number of guanidine groups is 1. The Morgan fingerprint density at radius 2 is 2.00 bits per heavy atom. The van der Waals surface area contributed by atoms with E-state index in [0.717, 1.165) is 51.5 Å². The van der Waals surface area contributed by atoms with E-state index in [1.54, 1.807) is 0 Å². The van der Waals surface area contributed by atoms with Gasteiger partial charge in [-0.15, -0.1) is 0 Å². The van der Waals surface area contributed by atoms with E-state index in [9.17, 15) is 0 Å². The molecule has 1 aliphatic rings. The number of hydrogen-bond donors (Lipinski definition) is 2. The molecule has 0 saturated carbocycles. The van der Waals surface area contributed by atoms with Gasteiger partial charge in [-0.2, -0.15) is 4.98 Å². The molecule has 1 unspecified atom stereocenters. The average Bonchev–Trinajstić information content (AvgIpc) is 3.38. The zero-order chi connectivity index (χ0) is 19.6. The van der Waals surface area contributed by atoms with Gasteiger partial charge in [0.15, 0.2) is 11.8 Å². The Morgan fingerprint density at radius 3 is 2.68 bits per heavy atom. The minimum Gasteiger partial charge on any atom is -0.357 e. The third-order valence-electron chi connectivity index (χ3n) is 4.96. The summed E-state index contributed by atoms with van der Waals surface area (Å²) in [5, 5.41) is 10.6. The quantitative estimate of drug-likeness (QED) is 0.393. The van der Waals surface area contributed by atoms with E-state index in [2.05, 4.69) is 62.9 Å². The van der Waals surface area contributed by atoms with Gasteiger partial charge in [-0.1, -0.05) is 35.5 Å². The molecule has 2 N–H and O–H groups in total. The summed E-state index contributed by atoms with van der Waals surface area (Å²) < 4.78 is 5.16. The Balaban J connectivity index is 1.56. The van der Waals surface area contributed by atoms with Gasteiger partial charge in [0, 0.05) is 19.5 Å². The number of nitrogens with one attached hydrogen (secondary N) is 2. The van der Waals surface area contributed by atoms with Crippen LogP contribution in [0.4, 0.5) is 0 Å². The predicted octanol–water partition coefficient (Wildman–Crippen LogP) is 2.70. The second-order valence-electron chi connectivity index (χ2n) is 7.15. The largest absolute Gasteiger partial charge is 0.357 e. The lowest BCUT2D eigenvalue weighted by atomic mass is 10.1. The highest BCUT2D eigenvalue weighted by atomic mass is 16.5. The van der Waals surface area contributed by atoms with E-state index in [0.29, 0.717) is 17.8 Å². The van der Waals surface area contributed by atoms with Crippen LogP contribution < -0.4 is 10.6 Å². The molecule has 7 nitrogen and oxygen atoms in total. The first-order valence-electron chi connectivity index (χ1n) is 10.4. The maximum Gasteiger partial charge on any atom is 0.226 e. The normalized spacial score (nSPS) is 16.3. The molecular formula is C21H32N6O. The van der Waals surface area contributed by atoms with Crippen LogP contribution in [0.2, 0.25) is 0 Å². The Hall–Kier alpha value is -2.41. The predicted molar refractivity (Wildman–Crippen MR) is 111 cm³/mol. The Kier molecular flexibility index (Phi) is 7.84. The lowest BCUT2D eigenvalue weighted by molar-refractivity contribution is 0.251. The van der Waals surface area contributed by atoms with Crippen LogP contribution in [0.15, 0.2) is 39.8 Å². The molecule has 7 heteroatoms. The number of rotatable bonds is 9. The lowest BCUT2D eigenvalue weighted by Crippen LogP contribution is -2.39. The summed E-state index contributed by atoms with van der Waals surface area (Å²) in [6.07, 6.45) is 4.25. The Bertz CT molecular complexity index is 724. The molecule has 3 rings (SSSR count). The van der Waals surface area contributed by atoms with Gasteiger partial charge in [0.1, 0.15) is 0 Å². The lowest BCUT2D eigenvalue weighted by Gasteiger charge is -2.27. The zero-order valence-electron chi connectivity index (χ0n) is 17.0. The van der Waals surface area contributed by atoms with Gasteiger partial charge in [-0.3, -0.25) is 9.89 Å². The molecule has 1 saturated heterocycles.